The van der Waals surface area contributed by atoms with Crippen molar-refractivity contribution < 1.29 is 0 Å². The second kappa shape index (κ2) is 11.8. The summed E-state index contributed by atoms with van der Waals surface area (Å²) in [5.41, 5.74) is 1.54. The van der Waals surface area contributed by atoms with Crippen LogP contribution in [0.15, 0.2) is 24.3 Å². The Bertz CT molecular complexity index is 319. The molecule has 0 N–H and O–H groups in total. The maximum absolute atomic E-state index is 2.37. The summed E-state index contributed by atoms with van der Waals surface area (Å²) in [7, 11) is 0. The van der Waals surface area contributed by atoms with Crippen LogP contribution in [0.25, 0.3) is 0 Å². The van der Waals surface area contributed by atoms with Crippen LogP contribution in [0.3, 0.4) is 0 Å². The summed E-state index contributed by atoms with van der Waals surface area (Å²) in [4.78, 5) is 0. The van der Waals surface area contributed by atoms with E-state index in [0.717, 1.165) is 0 Å². The fourth-order valence-corrected chi connectivity index (χ4v) is 3.35. The monoisotopic (exact) mass is 365 g/mol. The van der Waals surface area contributed by atoms with Crippen molar-refractivity contribution in [3.8, 4) is 0 Å². The van der Waals surface area contributed by atoms with Gasteiger partial charge in [-0.15, -0.1) is 0 Å². The Kier molecular flexibility index (Phi) is 10.6. The Morgan fingerprint density at radius 2 is 1.37 bits per heavy atom. The van der Waals surface area contributed by atoms with Gasteiger partial charge in [0.05, 0.1) is 0 Å². The van der Waals surface area contributed by atoms with Gasteiger partial charge in [0.2, 0.25) is 0 Å². The number of aryl methyl sites for hydroxylation is 1. The van der Waals surface area contributed by atoms with E-state index in [2.05, 4.69) is 31.2 Å². The first-order valence-electron chi connectivity index (χ1n) is 8.13. The van der Waals surface area contributed by atoms with E-state index >= 15 is 0 Å². The minimum absolute atomic E-state index is 1.28. The van der Waals surface area contributed by atoms with E-state index in [1.807, 2.05) is 0 Å². The van der Waals surface area contributed by atoms with Crippen LogP contribution in [0.5, 0.6) is 0 Å². The average Bonchev–Trinajstić information content (AvgIpc) is 2.41. The Balaban J connectivity index is 1.89. The van der Waals surface area contributed by atoms with Gasteiger partial charge < -0.3 is 0 Å². The van der Waals surface area contributed by atoms with E-state index in [0.29, 0.717) is 0 Å². The van der Waals surface area contributed by atoms with Crippen LogP contribution in [0.2, 0.25) is 0 Å². The fraction of sp³-hybridized carbons (Fsp3) is 0.667. The molecule has 0 heterocycles. The SMILES string of the molecule is CCCCCCCCCCCCc1ccc[c]([Sn])c1. The molecule has 0 aliphatic rings. The molecule has 1 rings (SSSR count). The Labute approximate surface area is 133 Å². The van der Waals surface area contributed by atoms with E-state index in [9.17, 15) is 0 Å². The zero-order valence-corrected chi connectivity index (χ0v) is 15.4. The molecule has 0 fully saturated rings. The molecule has 105 valence electrons. The van der Waals surface area contributed by atoms with Gasteiger partial charge in [-0.25, -0.2) is 0 Å². The first-order chi connectivity index (χ1) is 9.33. The van der Waals surface area contributed by atoms with Gasteiger partial charge in [0, 0.05) is 0 Å². The normalized spacial score (nSPS) is 10.8. The minimum atomic E-state index is 1.28. The van der Waals surface area contributed by atoms with Crippen molar-refractivity contribution in [2.45, 2.75) is 77.6 Å². The van der Waals surface area contributed by atoms with E-state index in [1.54, 1.807) is 0 Å². The quantitative estimate of drug-likeness (QED) is 0.385. The van der Waals surface area contributed by atoms with Gasteiger partial charge in [0.25, 0.3) is 0 Å². The molecular weight excluding hydrogens is 335 g/mol. The molecule has 0 atom stereocenters. The van der Waals surface area contributed by atoms with Crippen molar-refractivity contribution >= 4 is 26.1 Å². The number of unbranched alkanes of at least 4 members (excludes halogenated alkanes) is 9. The van der Waals surface area contributed by atoms with Crippen molar-refractivity contribution in [3.63, 3.8) is 0 Å². The molecule has 1 aromatic rings. The van der Waals surface area contributed by atoms with Crippen LogP contribution in [0, 0.1) is 0 Å². The Morgan fingerprint density at radius 1 is 0.789 bits per heavy atom. The molecule has 0 unspecified atom stereocenters. The number of benzene rings is 1. The summed E-state index contributed by atoms with van der Waals surface area (Å²) in [5, 5.41) is 0. The van der Waals surface area contributed by atoms with Crippen molar-refractivity contribution in [3.05, 3.63) is 29.8 Å². The number of hydrogen-bond acceptors (Lipinski definition) is 0. The van der Waals surface area contributed by atoms with Gasteiger partial charge in [0.15, 0.2) is 0 Å². The molecular formula is C18H29Sn. The predicted octanol–water partition coefficient (Wildman–Crippen LogP) is 4.94. The zero-order chi connectivity index (χ0) is 13.8. The summed E-state index contributed by atoms with van der Waals surface area (Å²) in [6, 6.07) is 9.07. The van der Waals surface area contributed by atoms with Crippen LogP contribution in [0.4, 0.5) is 0 Å². The maximum atomic E-state index is 2.37. The van der Waals surface area contributed by atoms with Crippen LogP contribution >= 0.6 is 0 Å². The molecule has 0 aromatic heterocycles. The zero-order valence-electron chi connectivity index (χ0n) is 12.6. The van der Waals surface area contributed by atoms with Crippen LogP contribution in [-0.4, -0.2) is 22.5 Å². The van der Waals surface area contributed by atoms with Crippen molar-refractivity contribution in [1.82, 2.24) is 0 Å². The molecule has 0 amide bonds. The molecule has 0 bridgehead atoms. The first-order valence-corrected chi connectivity index (χ1v) is 9.56. The van der Waals surface area contributed by atoms with E-state index in [4.69, 9.17) is 0 Å². The van der Waals surface area contributed by atoms with Gasteiger partial charge in [-0.3, -0.25) is 0 Å². The second-order valence-electron chi connectivity index (χ2n) is 5.63. The Hall–Kier alpha value is 0.0187. The number of hydrogen-bond donors (Lipinski definition) is 0. The molecule has 19 heavy (non-hydrogen) atoms. The number of rotatable bonds is 11. The summed E-state index contributed by atoms with van der Waals surface area (Å²) >= 11 is 1.54. The molecule has 0 aliphatic carbocycles. The topological polar surface area (TPSA) is 0 Å². The third-order valence-electron chi connectivity index (χ3n) is 3.75. The fourth-order valence-electron chi connectivity index (χ4n) is 2.54. The molecule has 1 aromatic carbocycles. The third-order valence-corrected chi connectivity index (χ3v) is 4.63. The average molecular weight is 364 g/mol. The van der Waals surface area contributed by atoms with Gasteiger partial charge >= 0.3 is 114 Å². The molecule has 0 nitrogen and oxygen atoms in total. The van der Waals surface area contributed by atoms with Crippen molar-refractivity contribution in [1.29, 1.82) is 0 Å². The Morgan fingerprint density at radius 3 is 1.95 bits per heavy atom. The summed E-state index contributed by atoms with van der Waals surface area (Å²) in [6.07, 6.45) is 15.6. The van der Waals surface area contributed by atoms with E-state index in [1.165, 1.54) is 102 Å². The van der Waals surface area contributed by atoms with Gasteiger partial charge in [-0.2, -0.15) is 0 Å². The summed E-state index contributed by atoms with van der Waals surface area (Å²) < 4.78 is 1.48. The predicted molar refractivity (Wildman–Crippen MR) is 87.4 cm³/mol. The van der Waals surface area contributed by atoms with Crippen LogP contribution < -0.4 is 3.58 Å². The van der Waals surface area contributed by atoms with Crippen LogP contribution in [0.1, 0.15) is 76.7 Å². The van der Waals surface area contributed by atoms with E-state index in [-0.39, 0.29) is 0 Å². The second-order valence-corrected chi connectivity index (χ2v) is 7.28. The molecule has 0 saturated carbocycles. The molecule has 0 spiro atoms. The van der Waals surface area contributed by atoms with Gasteiger partial charge in [-0.1, -0.05) is 19.8 Å². The van der Waals surface area contributed by atoms with Gasteiger partial charge in [0.1, 0.15) is 0 Å². The summed E-state index contributed by atoms with van der Waals surface area (Å²) in [6.45, 7) is 2.29. The summed E-state index contributed by atoms with van der Waals surface area (Å²) in [5.74, 6) is 0. The first kappa shape index (κ1) is 17.1. The molecule has 3 radical (unpaired) electrons. The molecule has 1 heteroatoms. The molecule has 0 saturated heterocycles. The molecule has 0 aliphatic heterocycles. The van der Waals surface area contributed by atoms with Crippen LogP contribution in [-0.2, 0) is 6.42 Å². The van der Waals surface area contributed by atoms with Gasteiger partial charge in [-0.05, 0) is 0 Å². The van der Waals surface area contributed by atoms with E-state index < -0.39 is 0 Å². The van der Waals surface area contributed by atoms with Crippen molar-refractivity contribution in [2.75, 3.05) is 0 Å². The third kappa shape index (κ3) is 9.54. The standard InChI is InChI=1S/C18H29.Sn/c1-2-3-4-5-6-7-8-9-10-12-15-18-16-13-11-14-17-18;/h11,13,16-17H,2-10,12,15H2,1H3;. The van der Waals surface area contributed by atoms with Crippen molar-refractivity contribution in [2.24, 2.45) is 0 Å².